The fourth-order valence-corrected chi connectivity index (χ4v) is 1.82. The van der Waals surface area contributed by atoms with Gasteiger partial charge in [0.15, 0.2) is 0 Å². The maximum absolute atomic E-state index is 11.2. The van der Waals surface area contributed by atoms with Crippen LogP contribution in [0.1, 0.15) is 18.1 Å². The molecule has 0 bridgehead atoms. The Kier molecular flexibility index (Phi) is 3.32. The van der Waals surface area contributed by atoms with E-state index in [-0.39, 0.29) is 0 Å². The number of aryl methyl sites for hydroxylation is 2. The Labute approximate surface area is 104 Å². The van der Waals surface area contributed by atoms with Gasteiger partial charge in [0.05, 0.1) is 0 Å². The number of aromatic nitrogens is 2. The molecule has 94 valence electrons. The Hall–Kier alpha value is -2.30. The molecule has 0 aliphatic heterocycles. The zero-order valence-corrected chi connectivity index (χ0v) is 10.3. The molecule has 5 heteroatoms. The van der Waals surface area contributed by atoms with Gasteiger partial charge in [-0.3, -0.25) is 14.8 Å². The van der Waals surface area contributed by atoms with Gasteiger partial charge in [-0.25, -0.2) is 4.79 Å². The number of H-pyrrole nitrogens is 2. The minimum Gasteiger partial charge on any atom is -0.342 e. The van der Waals surface area contributed by atoms with E-state index in [0.717, 1.165) is 12.1 Å². The van der Waals surface area contributed by atoms with Crippen LogP contribution in [-0.4, -0.2) is 9.97 Å². The van der Waals surface area contributed by atoms with Crippen molar-refractivity contribution >= 4 is 11.5 Å². The second kappa shape index (κ2) is 4.91. The summed E-state index contributed by atoms with van der Waals surface area (Å²) in [5, 5.41) is 3.01. The number of hydrogen-bond donors (Lipinski definition) is 3. The molecule has 0 fully saturated rings. The minimum atomic E-state index is -0.521. The first-order chi connectivity index (χ1) is 8.58. The highest BCUT2D eigenvalue weighted by atomic mass is 16.2. The summed E-state index contributed by atoms with van der Waals surface area (Å²) < 4.78 is 0. The lowest BCUT2D eigenvalue weighted by atomic mass is 10.1. The first-order valence-electron chi connectivity index (χ1n) is 5.78. The van der Waals surface area contributed by atoms with Crippen molar-refractivity contribution in [3.8, 4) is 0 Å². The van der Waals surface area contributed by atoms with Crippen molar-refractivity contribution in [3.63, 3.8) is 0 Å². The van der Waals surface area contributed by atoms with Crippen molar-refractivity contribution < 1.29 is 0 Å². The molecule has 0 unspecified atom stereocenters. The van der Waals surface area contributed by atoms with E-state index in [9.17, 15) is 9.59 Å². The molecule has 1 aromatic carbocycles. The average Bonchev–Trinajstić information content (AvgIpc) is 2.30. The van der Waals surface area contributed by atoms with E-state index in [2.05, 4.69) is 29.1 Å². The quantitative estimate of drug-likeness (QED) is 0.769. The molecule has 0 spiro atoms. The Bertz CT molecular complexity index is 642. The van der Waals surface area contributed by atoms with E-state index in [4.69, 9.17) is 0 Å². The summed E-state index contributed by atoms with van der Waals surface area (Å²) in [7, 11) is 0. The van der Waals surface area contributed by atoms with Crippen molar-refractivity contribution in [2.45, 2.75) is 20.3 Å². The largest absolute Gasteiger partial charge is 0.342 e. The van der Waals surface area contributed by atoms with Crippen molar-refractivity contribution in [1.29, 1.82) is 0 Å². The van der Waals surface area contributed by atoms with Crippen molar-refractivity contribution in [2.24, 2.45) is 0 Å². The van der Waals surface area contributed by atoms with Crippen molar-refractivity contribution in [3.05, 3.63) is 56.2 Å². The van der Waals surface area contributed by atoms with Crippen molar-refractivity contribution in [1.82, 2.24) is 9.97 Å². The fraction of sp³-hybridized carbons (Fsp3) is 0.231. The van der Waals surface area contributed by atoms with Gasteiger partial charge in [-0.05, 0) is 36.6 Å². The van der Waals surface area contributed by atoms with E-state index in [0.29, 0.717) is 5.82 Å². The molecule has 5 nitrogen and oxygen atoms in total. The predicted octanol–water partition coefficient (Wildman–Crippen LogP) is 1.68. The Balaban J connectivity index is 2.34. The van der Waals surface area contributed by atoms with Gasteiger partial charge in [-0.2, -0.15) is 0 Å². The normalized spacial score (nSPS) is 10.3. The number of hydrogen-bond acceptors (Lipinski definition) is 3. The van der Waals surface area contributed by atoms with E-state index < -0.39 is 11.2 Å². The zero-order valence-electron chi connectivity index (χ0n) is 10.3. The van der Waals surface area contributed by atoms with Crippen LogP contribution in [0.25, 0.3) is 0 Å². The molecule has 0 aliphatic carbocycles. The molecule has 0 saturated carbocycles. The maximum Gasteiger partial charge on any atom is 0.327 e. The van der Waals surface area contributed by atoms with E-state index >= 15 is 0 Å². The molecule has 3 N–H and O–H groups in total. The lowest BCUT2D eigenvalue weighted by Crippen LogP contribution is -2.22. The number of benzene rings is 1. The minimum absolute atomic E-state index is 0.384. The van der Waals surface area contributed by atoms with Crippen LogP contribution in [0.15, 0.2) is 33.9 Å². The van der Waals surface area contributed by atoms with Crippen LogP contribution in [0.2, 0.25) is 0 Å². The topological polar surface area (TPSA) is 77.8 Å². The summed E-state index contributed by atoms with van der Waals surface area (Å²) in [5.41, 5.74) is 2.35. The highest BCUT2D eigenvalue weighted by Crippen LogP contribution is 2.18. The SMILES string of the molecule is CCc1cc(Nc2cc(=O)[nH]c(=O)[nH]2)ccc1C. The van der Waals surface area contributed by atoms with Crippen LogP contribution in [0.4, 0.5) is 11.5 Å². The lowest BCUT2D eigenvalue weighted by Gasteiger charge is -2.09. The third kappa shape index (κ3) is 2.68. The van der Waals surface area contributed by atoms with E-state index in [1.54, 1.807) is 0 Å². The number of nitrogens with one attached hydrogen (secondary N) is 3. The van der Waals surface area contributed by atoms with Gasteiger partial charge in [0.25, 0.3) is 5.56 Å². The molecule has 0 saturated heterocycles. The molecule has 1 heterocycles. The predicted molar refractivity (Wildman–Crippen MR) is 71.5 cm³/mol. The summed E-state index contributed by atoms with van der Waals surface area (Å²) in [6.07, 6.45) is 0.938. The molecule has 2 rings (SSSR count). The molecule has 2 aromatic rings. The van der Waals surface area contributed by atoms with Gasteiger partial charge in [-0.15, -0.1) is 0 Å². The van der Waals surface area contributed by atoms with Gasteiger partial charge < -0.3 is 5.32 Å². The van der Waals surface area contributed by atoms with E-state index in [1.807, 2.05) is 18.2 Å². The summed E-state index contributed by atoms with van der Waals surface area (Å²) in [6.45, 7) is 4.14. The molecular formula is C13H15N3O2. The average molecular weight is 245 g/mol. The maximum atomic E-state index is 11.2. The third-order valence-electron chi connectivity index (χ3n) is 2.77. The molecule has 1 aromatic heterocycles. The third-order valence-corrected chi connectivity index (χ3v) is 2.77. The second-order valence-corrected chi connectivity index (χ2v) is 4.12. The standard InChI is InChI=1S/C13H15N3O2/c1-3-9-6-10(5-4-8(9)2)14-11-7-12(17)16-13(18)15-11/h4-7H,3H2,1-2H3,(H3,14,15,16,17,18). The van der Waals surface area contributed by atoms with Gasteiger partial charge in [-0.1, -0.05) is 13.0 Å². The Morgan fingerprint density at radius 2 is 1.94 bits per heavy atom. The molecule has 18 heavy (non-hydrogen) atoms. The molecule has 0 atom stereocenters. The molecule has 0 aliphatic rings. The zero-order chi connectivity index (χ0) is 13.1. The number of anilines is 2. The first-order valence-corrected chi connectivity index (χ1v) is 5.78. The second-order valence-electron chi connectivity index (χ2n) is 4.12. The monoisotopic (exact) mass is 245 g/mol. The highest BCUT2D eigenvalue weighted by Gasteiger charge is 2.01. The summed E-state index contributed by atoms with van der Waals surface area (Å²) in [6, 6.07) is 7.24. The van der Waals surface area contributed by atoms with Crippen LogP contribution in [0.3, 0.4) is 0 Å². The summed E-state index contributed by atoms with van der Waals surface area (Å²) in [4.78, 5) is 26.9. The van der Waals surface area contributed by atoms with Gasteiger partial charge >= 0.3 is 5.69 Å². The van der Waals surface area contributed by atoms with Crippen LogP contribution in [-0.2, 0) is 6.42 Å². The van der Waals surface area contributed by atoms with Crippen LogP contribution < -0.4 is 16.6 Å². The number of aromatic amines is 2. The highest BCUT2D eigenvalue weighted by molar-refractivity contribution is 5.57. The van der Waals surface area contributed by atoms with Gasteiger partial charge in [0.2, 0.25) is 0 Å². The smallest absolute Gasteiger partial charge is 0.327 e. The summed E-state index contributed by atoms with van der Waals surface area (Å²) >= 11 is 0. The van der Waals surface area contributed by atoms with Crippen LogP contribution in [0.5, 0.6) is 0 Å². The van der Waals surface area contributed by atoms with Gasteiger partial charge in [0.1, 0.15) is 5.82 Å². The van der Waals surface area contributed by atoms with E-state index in [1.165, 1.54) is 17.2 Å². The first kappa shape index (κ1) is 12.2. The Morgan fingerprint density at radius 1 is 1.17 bits per heavy atom. The fourth-order valence-electron chi connectivity index (χ4n) is 1.82. The number of rotatable bonds is 3. The summed E-state index contributed by atoms with van der Waals surface area (Å²) in [5.74, 6) is 0.384. The Morgan fingerprint density at radius 3 is 2.61 bits per heavy atom. The molecule has 0 radical (unpaired) electrons. The van der Waals surface area contributed by atoms with Crippen LogP contribution >= 0.6 is 0 Å². The lowest BCUT2D eigenvalue weighted by molar-refractivity contribution is 1.04. The van der Waals surface area contributed by atoms with Crippen LogP contribution in [0, 0.1) is 6.92 Å². The molecular weight excluding hydrogens is 230 g/mol. The van der Waals surface area contributed by atoms with Gasteiger partial charge in [0, 0.05) is 11.8 Å². The van der Waals surface area contributed by atoms with Crippen molar-refractivity contribution in [2.75, 3.05) is 5.32 Å². The molecule has 0 amide bonds.